The average molecular weight is 735 g/mol. The molecule has 0 atom stereocenters. The summed E-state index contributed by atoms with van der Waals surface area (Å²) in [5.74, 6) is 0. The van der Waals surface area contributed by atoms with Crippen LogP contribution in [0.5, 0.6) is 0 Å². The van der Waals surface area contributed by atoms with Gasteiger partial charge in [0.2, 0.25) is 5.71 Å². The Kier molecular flexibility index (Phi) is 7.73. The van der Waals surface area contributed by atoms with E-state index in [1.165, 1.54) is 11.1 Å². The second-order valence-corrected chi connectivity index (χ2v) is 14.5. The first-order valence-electron chi connectivity index (χ1n) is 19.1. The minimum absolute atomic E-state index is 0.0311. The molecule has 0 bridgehead atoms. The number of nitrogens with zero attached hydrogens (tertiary/aromatic N) is 2. The third-order valence-electron chi connectivity index (χ3n) is 11.0. The summed E-state index contributed by atoms with van der Waals surface area (Å²) in [5.41, 5.74) is 14.7. The van der Waals surface area contributed by atoms with Gasteiger partial charge in [0, 0.05) is 49.6 Å². The molecule has 0 radical (unpaired) electrons. The smallest absolute Gasteiger partial charge is 0.227 e. The van der Waals surface area contributed by atoms with Gasteiger partial charge in [-0.3, -0.25) is 0 Å². The molecule has 0 spiro atoms. The molecule has 0 unspecified atom stereocenters. The standard InChI is InChI=1S/C52H34N2O3/c55-32-33-13-27-45-47-31-39-30-38(20-28-48(39)53-52(47)57-50(45)29-33)36-16-23-41(24-17-36)54(40-21-14-35(15-22-40)34-7-2-1-3-8-34)42-25-18-37(19-26-42)43-10-6-11-46-44-9-4-5-12-49(44)56-51(43)46/h1-31,55H,32H2. The van der Waals surface area contributed by atoms with Crippen LogP contribution >= 0.6 is 0 Å². The molecular formula is C52H34N2O3. The summed E-state index contributed by atoms with van der Waals surface area (Å²) in [6, 6.07) is 65.7. The monoisotopic (exact) mass is 734 g/mol. The molecule has 0 saturated carbocycles. The topological polar surface area (TPSA) is 62.6 Å². The Morgan fingerprint density at radius 3 is 1.79 bits per heavy atom. The van der Waals surface area contributed by atoms with Gasteiger partial charge in [-0.25, -0.2) is 4.98 Å². The fraction of sp³-hybridized carbons (Fsp3) is 0.0192. The molecule has 0 aliphatic rings. The molecule has 1 N–H and O–H groups in total. The fourth-order valence-corrected chi connectivity index (χ4v) is 8.13. The molecule has 11 rings (SSSR count). The molecule has 3 aromatic heterocycles. The molecule has 0 fully saturated rings. The molecule has 5 nitrogen and oxygen atoms in total. The highest BCUT2D eigenvalue weighted by Crippen LogP contribution is 2.40. The SMILES string of the molecule is OCc1ccc2c(c1)oc1nc3ccc(-c4ccc(N(c5ccc(-c6ccccc6)cc5)c5ccc(-c6cccc7c6oc6ccccc67)cc5)cc4)cc3cc12. The average Bonchev–Trinajstić information content (AvgIpc) is 3.84. The Hall–Kier alpha value is -7.47. The summed E-state index contributed by atoms with van der Waals surface area (Å²) >= 11 is 0. The number of aliphatic hydroxyl groups excluding tert-OH is 1. The minimum atomic E-state index is -0.0311. The molecule has 5 heteroatoms. The van der Waals surface area contributed by atoms with Crippen molar-refractivity contribution in [3.63, 3.8) is 0 Å². The van der Waals surface area contributed by atoms with Crippen molar-refractivity contribution in [3.05, 3.63) is 194 Å². The van der Waals surface area contributed by atoms with E-state index in [-0.39, 0.29) is 6.61 Å². The van der Waals surface area contributed by atoms with E-state index in [0.717, 1.165) is 94.1 Å². The van der Waals surface area contributed by atoms with Crippen molar-refractivity contribution in [1.29, 1.82) is 0 Å². The van der Waals surface area contributed by atoms with Crippen molar-refractivity contribution in [2.75, 3.05) is 4.90 Å². The molecule has 0 aliphatic carbocycles. The summed E-state index contributed by atoms with van der Waals surface area (Å²) < 4.78 is 12.5. The van der Waals surface area contributed by atoms with Gasteiger partial charge < -0.3 is 18.8 Å². The Morgan fingerprint density at radius 2 is 1.05 bits per heavy atom. The van der Waals surface area contributed by atoms with Crippen molar-refractivity contribution in [2.45, 2.75) is 6.61 Å². The number of aromatic nitrogens is 1. The number of aliphatic hydroxyl groups is 1. The van der Waals surface area contributed by atoms with Gasteiger partial charge in [-0.2, -0.15) is 0 Å². The molecule has 8 aromatic carbocycles. The van der Waals surface area contributed by atoms with Crippen molar-refractivity contribution >= 4 is 72.0 Å². The molecule has 3 heterocycles. The first-order valence-corrected chi connectivity index (χ1v) is 19.1. The number of anilines is 3. The van der Waals surface area contributed by atoms with E-state index in [1.807, 2.05) is 36.4 Å². The van der Waals surface area contributed by atoms with Gasteiger partial charge in [0.1, 0.15) is 16.7 Å². The lowest BCUT2D eigenvalue weighted by atomic mass is 10.0. The zero-order chi connectivity index (χ0) is 37.9. The largest absolute Gasteiger partial charge is 0.455 e. The van der Waals surface area contributed by atoms with Crippen molar-refractivity contribution in [3.8, 4) is 33.4 Å². The van der Waals surface area contributed by atoms with E-state index in [2.05, 4.69) is 157 Å². The molecule has 0 aliphatic heterocycles. The summed E-state index contributed by atoms with van der Waals surface area (Å²) in [4.78, 5) is 7.15. The lowest BCUT2D eigenvalue weighted by Crippen LogP contribution is -2.09. The predicted octanol–water partition coefficient (Wildman–Crippen LogP) is 14.0. The second-order valence-electron chi connectivity index (χ2n) is 14.5. The van der Waals surface area contributed by atoms with Gasteiger partial charge >= 0.3 is 0 Å². The van der Waals surface area contributed by atoms with E-state index in [0.29, 0.717) is 5.71 Å². The van der Waals surface area contributed by atoms with Gasteiger partial charge in [-0.05, 0) is 100 Å². The Labute approximate surface area is 328 Å². The summed E-state index contributed by atoms with van der Waals surface area (Å²) in [6.07, 6.45) is 0. The number of para-hydroxylation sites is 2. The molecule has 270 valence electrons. The number of rotatable bonds is 7. The van der Waals surface area contributed by atoms with Crippen molar-refractivity contribution in [1.82, 2.24) is 4.98 Å². The fourth-order valence-electron chi connectivity index (χ4n) is 8.13. The van der Waals surface area contributed by atoms with Crippen LogP contribution in [0.15, 0.2) is 197 Å². The number of hydrogen-bond donors (Lipinski definition) is 1. The van der Waals surface area contributed by atoms with Crippen LogP contribution in [0.4, 0.5) is 17.1 Å². The summed E-state index contributed by atoms with van der Waals surface area (Å²) in [6.45, 7) is -0.0311. The maximum Gasteiger partial charge on any atom is 0.227 e. The lowest BCUT2D eigenvalue weighted by Gasteiger charge is -2.26. The maximum absolute atomic E-state index is 9.61. The number of furan rings is 2. The van der Waals surface area contributed by atoms with Crippen LogP contribution in [-0.4, -0.2) is 10.1 Å². The quantitative estimate of drug-likeness (QED) is 0.177. The van der Waals surface area contributed by atoms with Crippen LogP contribution < -0.4 is 4.90 Å². The Balaban J connectivity index is 0.964. The predicted molar refractivity (Wildman–Crippen MR) is 233 cm³/mol. The number of hydrogen-bond acceptors (Lipinski definition) is 5. The zero-order valence-electron chi connectivity index (χ0n) is 30.8. The Bertz CT molecular complexity index is 3250. The molecule has 11 aromatic rings. The van der Waals surface area contributed by atoms with Crippen LogP contribution in [0, 0.1) is 0 Å². The van der Waals surface area contributed by atoms with Crippen LogP contribution in [-0.2, 0) is 6.61 Å². The minimum Gasteiger partial charge on any atom is -0.455 e. The highest BCUT2D eigenvalue weighted by molar-refractivity contribution is 6.10. The van der Waals surface area contributed by atoms with Crippen LogP contribution in [0.3, 0.4) is 0 Å². The summed E-state index contributed by atoms with van der Waals surface area (Å²) in [7, 11) is 0. The van der Waals surface area contributed by atoms with E-state index in [1.54, 1.807) is 0 Å². The van der Waals surface area contributed by atoms with Crippen LogP contribution in [0.25, 0.3) is 88.3 Å². The van der Waals surface area contributed by atoms with E-state index in [4.69, 9.17) is 13.8 Å². The third-order valence-corrected chi connectivity index (χ3v) is 11.0. The third kappa shape index (κ3) is 5.72. The molecule has 0 saturated heterocycles. The van der Waals surface area contributed by atoms with Crippen LogP contribution in [0.2, 0.25) is 0 Å². The number of benzene rings is 8. The van der Waals surface area contributed by atoms with Gasteiger partial charge in [0.25, 0.3) is 0 Å². The van der Waals surface area contributed by atoms with E-state index >= 15 is 0 Å². The number of fused-ring (bicyclic) bond motifs is 7. The van der Waals surface area contributed by atoms with Gasteiger partial charge in [-0.15, -0.1) is 0 Å². The van der Waals surface area contributed by atoms with E-state index in [9.17, 15) is 5.11 Å². The lowest BCUT2D eigenvalue weighted by molar-refractivity contribution is 0.282. The zero-order valence-corrected chi connectivity index (χ0v) is 30.8. The highest BCUT2D eigenvalue weighted by atomic mass is 16.3. The van der Waals surface area contributed by atoms with Crippen LogP contribution in [0.1, 0.15) is 5.56 Å². The van der Waals surface area contributed by atoms with Gasteiger partial charge in [-0.1, -0.05) is 121 Å². The maximum atomic E-state index is 9.61. The highest BCUT2D eigenvalue weighted by Gasteiger charge is 2.17. The first kappa shape index (κ1) is 32.9. The van der Waals surface area contributed by atoms with Gasteiger partial charge in [0.05, 0.1) is 12.1 Å². The molecule has 57 heavy (non-hydrogen) atoms. The van der Waals surface area contributed by atoms with Crippen molar-refractivity contribution < 1.29 is 13.9 Å². The molecule has 0 amide bonds. The van der Waals surface area contributed by atoms with Gasteiger partial charge in [0.15, 0.2) is 0 Å². The van der Waals surface area contributed by atoms with E-state index < -0.39 is 0 Å². The van der Waals surface area contributed by atoms with Crippen molar-refractivity contribution in [2.24, 2.45) is 0 Å². The normalized spacial score (nSPS) is 11.7. The number of pyridine rings is 1. The second kappa shape index (κ2) is 13.4. The Morgan fingerprint density at radius 1 is 0.439 bits per heavy atom. The first-order chi connectivity index (χ1) is 28.2. The molecular weight excluding hydrogens is 701 g/mol. The summed E-state index contributed by atoms with van der Waals surface area (Å²) in [5, 5.41) is 14.8.